The van der Waals surface area contributed by atoms with Crippen LogP contribution in [0.3, 0.4) is 0 Å². The zero-order valence-electron chi connectivity index (χ0n) is 19.9. The van der Waals surface area contributed by atoms with Crippen LogP contribution in [0.4, 0.5) is 0 Å². The first-order valence-corrected chi connectivity index (χ1v) is 11.6. The predicted octanol–water partition coefficient (Wildman–Crippen LogP) is 5.21. The van der Waals surface area contributed by atoms with Gasteiger partial charge in [0.2, 0.25) is 0 Å². The van der Waals surface area contributed by atoms with E-state index in [0.29, 0.717) is 19.3 Å². The number of hydrogen-bond donors (Lipinski definition) is 0. The molecule has 0 saturated heterocycles. The first kappa shape index (κ1) is 24.1. The van der Waals surface area contributed by atoms with E-state index >= 15 is 0 Å². The van der Waals surface area contributed by atoms with E-state index in [2.05, 4.69) is 9.80 Å². The van der Waals surface area contributed by atoms with E-state index in [1.165, 1.54) is 0 Å². The molecule has 0 N–H and O–H groups in total. The monoisotopic (exact) mass is 436 g/mol. The number of ketones is 2. The van der Waals surface area contributed by atoms with Crippen LogP contribution in [-0.2, 0) is 6.42 Å². The van der Waals surface area contributed by atoms with Crippen molar-refractivity contribution in [3.63, 3.8) is 0 Å². The Labute approximate surface area is 192 Å². The topological polar surface area (TPSA) is 49.9 Å². The average Bonchev–Trinajstić information content (AvgIpc) is 2.76. The minimum absolute atomic E-state index is 0.180. The molecule has 0 spiro atoms. The summed E-state index contributed by atoms with van der Waals surface area (Å²) in [4.78, 5) is 29.5. The minimum atomic E-state index is 0.180. The summed E-state index contributed by atoms with van der Waals surface area (Å²) in [5, 5.41) is 0. The van der Waals surface area contributed by atoms with Crippen LogP contribution in [0.15, 0.2) is 36.4 Å². The van der Waals surface area contributed by atoms with Crippen molar-refractivity contribution in [2.24, 2.45) is 0 Å². The number of carbonyl (C=O) groups is 2. The van der Waals surface area contributed by atoms with Gasteiger partial charge in [0.25, 0.3) is 0 Å². The zero-order valence-corrected chi connectivity index (χ0v) is 19.9. The number of carbonyl (C=O) groups excluding carboxylic acids is 2. The van der Waals surface area contributed by atoms with Gasteiger partial charge in [-0.15, -0.1) is 0 Å². The van der Waals surface area contributed by atoms with Gasteiger partial charge in [-0.3, -0.25) is 9.59 Å². The highest BCUT2D eigenvalue weighted by Crippen LogP contribution is 2.37. The van der Waals surface area contributed by atoms with E-state index in [1.807, 2.05) is 64.6 Å². The highest BCUT2D eigenvalue weighted by Gasteiger charge is 2.20. The normalized spacial score (nSPS) is 12.4. The van der Waals surface area contributed by atoms with Gasteiger partial charge in [0, 0.05) is 41.5 Å². The molecule has 0 fully saturated rings. The van der Waals surface area contributed by atoms with Crippen molar-refractivity contribution in [1.82, 2.24) is 9.80 Å². The Hall–Kier alpha value is -2.50. The molecule has 2 aromatic rings. The number of Topliss-reactive ketones (excluding diaryl/α,β-unsaturated/α-hetero) is 2. The highest BCUT2D eigenvalue weighted by molar-refractivity contribution is 5.97. The predicted molar refractivity (Wildman–Crippen MR) is 129 cm³/mol. The van der Waals surface area contributed by atoms with Crippen LogP contribution in [0.25, 0.3) is 0 Å². The molecule has 3 rings (SSSR count). The fourth-order valence-electron chi connectivity index (χ4n) is 4.02. The first-order valence-electron chi connectivity index (χ1n) is 11.6. The van der Waals surface area contributed by atoms with Crippen LogP contribution in [0.1, 0.15) is 70.4 Å². The van der Waals surface area contributed by atoms with Gasteiger partial charge in [-0.05, 0) is 103 Å². The maximum atomic E-state index is 12.6. The Bertz CT molecular complexity index is 874. The first-order chi connectivity index (χ1) is 15.3. The molecule has 0 aliphatic carbocycles. The van der Waals surface area contributed by atoms with E-state index < -0.39 is 0 Å². The van der Waals surface area contributed by atoms with E-state index in [0.717, 1.165) is 72.5 Å². The molecule has 0 amide bonds. The summed E-state index contributed by atoms with van der Waals surface area (Å²) in [6, 6.07) is 11.4. The average molecular weight is 437 g/mol. The van der Waals surface area contributed by atoms with Crippen LogP contribution < -0.4 is 4.74 Å². The van der Waals surface area contributed by atoms with Crippen LogP contribution in [0.5, 0.6) is 11.5 Å². The van der Waals surface area contributed by atoms with Gasteiger partial charge in [0.1, 0.15) is 11.5 Å². The molecule has 1 heterocycles. The number of benzene rings is 2. The number of hydrogen-bond acceptors (Lipinski definition) is 5. The van der Waals surface area contributed by atoms with Crippen molar-refractivity contribution in [3.05, 3.63) is 58.7 Å². The van der Waals surface area contributed by atoms with Crippen molar-refractivity contribution >= 4 is 11.6 Å². The number of nitrogens with zero attached hydrogens (tertiary/aromatic N) is 2. The molecule has 1 aliphatic heterocycles. The molecule has 5 nitrogen and oxygen atoms in total. The largest absolute Gasteiger partial charge is 0.457 e. The SMILES string of the molecule is CN(C)CCCCC(=O)c1ccc2c(c1)Cc1cc(C(=O)CCCCN(C)C)ccc1O2. The van der Waals surface area contributed by atoms with Crippen molar-refractivity contribution in [2.75, 3.05) is 41.3 Å². The van der Waals surface area contributed by atoms with Crippen molar-refractivity contribution < 1.29 is 14.3 Å². The number of fused-ring (bicyclic) bond motifs is 2. The smallest absolute Gasteiger partial charge is 0.162 e. The second-order valence-electron chi connectivity index (χ2n) is 9.29. The minimum Gasteiger partial charge on any atom is -0.457 e. The molecule has 0 saturated carbocycles. The Morgan fingerprint density at radius 1 is 0.719 bits per heavy atom. The Morgan fingerprint density at radius 3 is 1.56 bits per heavy atom. The molecule has 0 bridgehead atoms. The Kier molecular flexibility index (Phi) is 8.60. The van der Waals surface area contributed by atoms with Crippen molar-refractivity contribution in [1.29, 1.82) is 0 Å². The van der Waals surface area contributed by atoms with Gasteiger partial charge < -0.3 is 14.5 Å². The van der Waals surface area contributed by atoms with Gasteiger partial charge in [0.05, 0.1) is 0 Å². The van der Waals surface area contributed by atoms with E-state index in [4.69, 9.17) is 4.74 Å². The van der Waals surface area contributed by atoms with Crippen LogP contribution in [0, 0.1) is 0 Å². The van der Waals surface area contributed by atoms with Crippen LogP contribution >= 0.6 is 0 Å². The zero-order chi connectivity index (χ0) is 23.1. The summed E-state index contributed by atoms with van der Waals surface area (Å²) in [5.74, 6) is 1.95. The lowest BCUT2D eigenvalue weighted by atomic mass is 9.94. The van der Waals surface area contributed by atoms with Gasteiger partial charge in [-0.25, -0.2) is 0 Å². The molecule has 0 unspecified atom stereocenters. The lowest BCUT2D eigenvalue weighted by Crippen LogP contribution is -2.13. The molecule has 0 radical (unpaired) electrons. The van der Waals surface area contributed by atoms with E-state index in [1.54, 1.807) is 0 Å². The molecule has 172 valence electrons. The van der Waals surface area contributed by atoms with E-state index in [-0.39, 0.29) is 11.6 Å². The van der Waals surface area contributed by atoms with Crippen molar-refractivity contribution in [3.8, 4) is 11.5 Å². The standard InChI is InChI=1S/C27H36N2O3/c1-28(2)15-7-5-9-24(30)20-11-13-26-22(17-20)19-23-18-21(12-14-27(23)32-26)25(31)10-6-8-16-29(3)4/h11-14,17-18H,5-10,15-16,19H2,1-4H3. The summed E-state index contributed by atoms with van der Waals surface area (Å²) in [5.41, 5.74) is 3.50. The number of unbranched alkanes of at least 4 members (excludes halogenated alkanes) is 2. The molecular formula is C27H36N2O3. The molecule has 0 atom stereocenters. The lowest BCUT2D eigenvalue weighted by Gasteiger charge is -2.21. The van der Waals surface area contributed by atoms with Crippen molar-refractivity contribution in [2.45, 2.75) is 44.9 Å². The molecule has 1 aliphatic rings. The summed E-state index contributed by atoms with van der Waals surface area (Å²) < 4.78 is 6.06. The molecular weight excluding hydrogens is 400 g/mol. The highest BCUT2D eigenvalue weighted by atomic mass is 16.5. The Morgan fingerprint density at radius 2 is 1.16 bits per heavy atom. The second kappa shape index (κ2) is 11.4. The molecule has 2 aromatic carbocycles. The molecule has 0 aromatic heterocycles. The lowest BCUT2D eigenvalue weighted by molar-refractivity contribution is 0.0970. The second-order valence-corrected chi connectivity index (χ2v) is 9.29. The number of ether oxygens (including phenoxy) is 1. The maximum absolute atomic E-state index is 12.6. The maximum Gasteiger partial charge on any atom is 0.162 e. The fourth-order valence-corrected chi connectivity index (χ4v) is 4.02. The molecule has 32 heavy (non-hydrogen) atoms. The third kappa shape index (κ3) is 6.75. The summed E-state index contributed by atoms with van der Waals surface area (Å²) in [6.45, 7) is 2.00. The third-order valence-electron chi connectivity index (χ3n) is 5.88. The van der Waals surface area contributed by atoms with Gasteiger partial charge in [-0.2, -0.15) is 0 Å². The van der Waals surface area contributed by atoms with Crippen LogP contribution in [0.2, 0.25) is 0 Å². The quantitative estimate of drug-likeness (QED) is 0.288. The Balaban J connectivity index is 1.62. The van der Waals surface area contributed by atoms with Gasteiger partial charge in [0.15, 0.2) is 11.6 Å². The fraction of sp³-hybridized carbons (Fsp3) is 0.481. The summed E-state index contributed by atoms with van der Waals surface area (Å²) in [7, 11) is 8.20. The summed E-state index contributed by atoms with van der Waals surface area (Å²) >= 11 is 0. The summed E-state index contributed by atoms with van der Waals surface area (Å²) in [6.07, 6.45) is 5.64. The van der Waals surface area contributed by atoms with Gasteiger partial charge >= 0.3 is 0 Å². The van der Waals surface area contributed by atoms with E-state index in [9.17, 15) is 9.59 Å². The number of rotatable bonds is 12. The third-order valence-corrected chi connectivity index (χ3v) is 5.88. The molecule has 5 heteroatoms. The van der Waals surface area contributed by atoms with Gasteiger partial charge in [-0.1, -0.05) is 0 Å². The van der Waals surface area contributed by atoms with Crippen LogP contribution in [-0.4, -0.2) is 62.6 Å².